The van der Waals surface area contributed by atoms with Gasteiger partial charge < -0.3 is 5.32 Å². The predicted molar refractivity (Wildman–Crippen MR) is 106 cm³/mol. The molecule has 0 aliphatic heterocycles. The Kier molecular flexibility index (Phi) is 5.88. The molecule has 0 aliphatic carbocycles. The highest BCUT2D eigenvalue weighted by Crippen LogP contribution is 2.20. The molecule has 3 rings (SSSR count). The van der Waals surface area contributed by atoms with Crippen molar-refractivity contribution >= 4 is 17.3 Å². The van der Waals surface area contributed by atoms with Gasteiger partial charge in [-0.15, -0.1) is 0 Å². The molecule has 0 atom stereocenters. The molecule has 0 bridgehead atoms. The maximum Gasteiger partial charge on any atom is 0.273 e. The lowest BCUT2D eigenvalue weighted by molar-refractivity contribution is -0.385. The summed E-state index contributed by atoms with van der Waals surface area (Å²) in [5.74, 6) is 0. The zero-order chi connectivity index (χ0) is 19.4. The summed E-state index contributed by atoms with van der Waals surface area (Å²) in [5, 5.41) is 19.8. The van der Waals surface area contributed by atoms with Crippen molar-refractivity contribution in [2.45, 2.75) is 33.5 Å². The summed E-state index contributed by atoms with van der Waals surface area (Å²) >= 11 is 6.26. The molecule has 1 aromatic heterocycles. The largest absolute Gasteiger partial charge is 0.308 e. The van der Waals surface area contributed by atoms with Crippen LogP contribution < -0.4 is 5.32 Å². The van der Waals surface area contributed by atoms with Gasteiger partial charge in [0.05, 0.1) is 17.2 Å². The summed E-state index contributed by atoms with van der Waals surface area (Å²) in [7, 11) is 0. The van der Waals surface area contributed by atoms with Crippen LogP contribution in [0.3, 0.4) is 0 Å². The standard InChI is InChI=1S/C20H21ClN4O2/c1-14-18(12-22-11-16-7-4-6-10-20(16)25(26)27)15(2)24(23-14)13-17-8-3-5-9-19(17)21/h3-10,22H,11-13H2,1-2H3. The Morgan fingerprint density at radius 3 is 2.44 bits per heavy atom. The maximum atomic E-state index is 11.1. The van der Waals surface area contributed by atoms with Gasteiger partial charge in [0.25, 0.3) is 5.69 Å². The van der Waals surface area contributed by atoms with Crippen LogP contribution in [0.2, 0.25) is 5.02 Å². The first-order valence-electron chi connectivity index (χ1n) is 8.66. The highest BCUT2D eigenvalue weighted by atomic mass is 35.5. The molecule has 140 valence electrons. The Bertz CT molecular complexity index is 968. The van der Waals surface area contributed by atoms with Gasteiger partial charge >= 0.3 is 0 Å². The number of nitro benzene ring substituents is 1. The number of nitrogens with one attached hydrogen (secondary N) is 1. The van der Waals surface area contributed by atoms with Crippen molar-refractivity contribution in [3.8, 4) is 0 Å². The quantitative estimate of drug-likeness (QED) is 0.484. The molecule has 0 saturated carbocycles. The summed E-state index contributed by atoms with van der Waals surface area (Å²) in [4.78, 5) is 10.8. The van der Waals surface area contributed by atoms with Crippen molar-refractivity contribution in [2.75, 3.05) is 0 Å². The van der Waals surface area contributed by atoms with E-state index in [-0.39, 0.29) is 10.6 Å². The summed E-state index contributed by atoms with van der Waals surface area (Å²) in [5.41, 5.74) is 4.91. The third-order valence-electron chi connectivity index (χ3n) is 4.61. The predicted octanol–water partition coefficient (Wildman–Crippen LogP) is 4.40. The zero-order valence-electron chi connectivity index (χ0n) is 15.3. The molecule has 0 saturated heterocycles. The van der Waals surface area contributed by atoms with E-state index in [1.54, 1.807) is 12.1 Å². The number of hydrogen-bond acceptors (Lipinski definition) is 4. The second kappa shape index (κ2) is 8.33. The molecular formula is C20H21ClN4O2. The van der Waals surface area contributed by atoms with Gasteiger partial charge in [0.1, 0.15) is 0 Å². The van der Waals surface area contributed by atoms with Crippen LogP contribution in [0, 0.1) is 24.0 Å². The first-order chi connectivity index (χ1) is 13.0. The van der Waals surface area contributed by atoms with E-state index in [1.165, 1.54) is 6.07 Å². The molecule has 3 aromatic rings. The van der Waals surface area contributed by atoms with Gasteiger partial charge in [-0.2, -0.15) is 5.10 Å². The summed E-state index contributed by atoms with van der Waals surface area (Å²) in [6, 6.07) is 14.5. The van der Waals surface area contributed by atoms with Crippen molar-refractivity contribution in [1.82, 2.24) is 15.1 Å². The second-order valence-electron chi connectivity index (χ2n) is 6.39. The van der Waals surface area contributed by atoms with Crippen molar-refractivity contribution < 1.29 is 4.92 Å². The minimum atomic E-state index is -0.352. The van der Waals surface area contributed by atoms with Crippen molar-refractivity contribution in [1.29, 1.82) is 0 Å². The molecule has 0 fully saturated rings. The van der Waals surface area contributed by atoms with Crippen LogP contribution in [0.15, 0.2) is 48.5 Å². The topological polar surface area (TPSA) is 73.0 Å². The Labute approximate surface area is 162 Å². The van der Waals surface area contributed by atoms with Crippen LogP contribution in [-0.2, 0) is 19.6 Å². The molecule has 0 unspecified atom stereocenters. The molecule has 6 nitrogen and oxygen atoms in total. The fourth-order valence-corrected chi connectivity index (χ4v) is 3.29. The van der Waals surface area contributed by atoms with E-state index in [4.69, 9.17) is 11.6 Å². The molecule has 0 aliphatic rings. The van der Waals surface area contributed by atoms with E-state index in [0.29, 0.717) is 25.2 Å². The Balaban J connectivity index is 1.71. The maximum absolute atomic E-state index is 11.1. The van der Waals surface area contributed by atoms with Crippen LogP contribution in [0.5, 0.6) is 0 Å². The highest BCUT2D eigenvalue weighted by Gasteiger charge is 2.14. The molecule has 7 heteroatoms. The Morgan fingerprint density at radius 1 is 1.07 bits per heavy atom. The number of rotatable bonds is 7. The van der Waals surface area contributed by atoms with Crippen LogP contribution >= 0.6 is 11.6 Å². The number of nitro groups is 1. The highest BCUT2D eigenvalue weighted by molar-refractivity contribution is 6.31. The summed E-state index contributed by atoms with van der Waals surface area (Å²) < 4.78 is 1.94. The molecule has 1 N–H and O–H groups in total. The van der Waals surface area contributed by atoms with Crippen LogP contribution in [0.4, 0.5) is 5.69 Å². The number of aryl methyl sites for hydroxylation is 1. The molecule has 0 radical (unpaired) electrons. The first-order valence-corrected chi connectivity index (χ1v) is 9.04. The van der Waals surface area contributed by atoms with Gasteiger partial charge in [-0.3, -0.25) is 14.8 Å². The third kappa shape index (κ3) is 4.35. The third-order valence-corrected chi connectivity index (χ3v) is 4.98. The fraction of sp³-hybridized carbons (Fsp3) is 0.250. The van der Waals surface area contributed by atoms with Crippen LogP contribution in [0.1, 0.15) is 28.1 Å². The minimum Gasteiger partial charge on any atom is -0.308 e. The number of aromatic nitrogens is 2. The van der Waals surface area contributed by atoms with Gasteiger partial charge in [-0.05, 0) is 25.5 Å². The van der Waals surface area contributed by atoms with E-state index in [9.17, 15) is 10.1 Å². The SMILES string of the molecule is Cc1nn(Cc2ccccc2Cl)c(C)c1CNCc1ccccc1[N+](=O)[O-]. The molecule has 2 aromatic carbocycles. The zero-order valence-corrected chi connectivity index (χ0v) is 16.0. The average molecular weight is 385 g/mol. The smallest absolute Gasteiger partial charge is 0.273 e. The number of hydrogen-bond donors (Lipinski definition) is 1. The monoisotopic (exact) mass is 384 g/mol. The normalized spacial score (nSPS) is 10.9. The number of nitrogens with zero attached hydrogens (tertiary/aromatic N) is 3. The van der Waals surface area contributed by atoms with E-state index < -0.39 is 0 Å². The van der Waals surface area contributed by atoms with E-state index in [0.717, 1.165) is 27.5 Å². The van der Waals surface area contributed by atoms with Crippen molar-refractivity contribution in [3.63, 3.8) is 0 Å². The number of para-hydroxylation sites is 1. The Hall–Kier alpha value is -2.70. The number of benzene rings is 2. The lowest BCUT2D eigenvalue weighted by Gasteiger charge is -2.08. The fourth-order valence-electron chi connectivity index (χ4n) is 3.09. The molecule has 0 amide bonds. The number of halogens is 1. The molecule has 1 heterocycles. The average Bonchev–Trinajstić information content (AvgIpc) is 2.91. The molecular weight excluding hydrogens is 364 g/mol. The van der Waals surface area contributed by atoms with E-state index in [1.807, 2.05) is 48.9 Å². The van der Waals surface area contributed by atoms with Crippen molar-refractivity contribution in [2.24, 2.45) is 0 Å². The van der Waals surface area contributed by atoms with Gasteiger partial charge in [-0.25, -0.2) is 0 Å². The van der Waals surface area contributed by atoms with Crippen LogP contribution in [-0.4, -0.2) is 14.7 Å². The Morgan fingerprint density at radius 2 is 1.74 bits per heavy atom. The van der Waals surface area contributed by atoms with E-state index >= 15 is 0 Å². The molecule has 27 heavy (non-hydrogen) atoms. The second-order valence-corrected chi connectivity index (χ2v) is 6.80. The summed E-state index contributed by atoms with van der Waals surface area (Å²) in [6.07, 6.45) is 0. The minimum absolute atomic E-state index is 0.132. The molecule has 0 spiro atoms. The van der Waals surface area contributed by atoms with Gasteiger partial charge in [-0.1, -0.05) is 48.0 Å². The first kappa shape index (κ1) is 19.1. The lowest BCUT2D eigenvalue weighted by Crippen LogP contribution is -2.15. The van der Waals surface area contributed by atoms with Gasteiger partial charge in [0.2, 0.25) is 0 Å². The summed E-state index contributed by atoms with van der Waals surface area (Å²) in [6.45, 7) is 5.62. The van der Waals surface area contributed by atoms with Crippen molar-refractivity contribution in [3.05, 3.63) is 91.7 Å². The van der Waals surface area contributed by atoms with E-state index in [2.05, 4.69) is 10.4 Å². The van der Waals surface area contributed by atoms with Gasteiger partial charge in [0.15, 0.2) is 0 Å². The van der Waals surface area contributed by atoms with Gasteiger partial charge in [0, 0.05) is 41.0 Å². The van der Waals surface area contributed by atoms with Crippen LogP contribution in [0.25, 0.3) is 0 Å². The lowest BCUT2D eigenvalue weighted by atomic mass is 10.1.